The molecule has 4 N–H and O–H groups in total. The Labute approximate surface area is 138 Å². The molecule has 2 aromatic rings. The van der Waals surface area contributed by atoms with Crippen LogP contribution in [-0.2, 0) is 12.8 Å². The lowest BCUT2D eigenvalue weighted by atomic mass is 9.70. The van der Waals surface area contributed by atoms with Crippen LogP contribution >= 0.6 is 0 Å². The number of hydrogen-bond acceptors (Lipinski definition) is 2. The second kappa shape index (κ2) is 6.43. The molecule has 0 saturated carbocycles. The molecule has 0 aliphatic heterocycles. The first kappa shape index (κ1) is 15.6. The maximum atomic E-state index is 6.59. The standard InChI is InChI=1S/C21H24N2/c1-21(15-17-10-6-3-7-11-17)19(22)13-12-18(20(21)23)14-16-8-4-2-5-9-16/h2-13,19H,14-15,22-23H2,1H3. The van der Waals surface area contributed by atoms with Crippen molar-refractivity contribution in [3.8, 4) is 0 Å². The van der Waals surface area contributed by atoms with Gasteiger partial charge in [-0.2, -0.15) is 0 Å². The third-order valence-corrected chi connectivity index (χ3v) is 4.85. The van der Waals surface area contributed by atoms with E-state index in [2.05, 4.69) is 67.6 Å². The Bertz CT molecular complexity index is 716. The number of allylic oxidation sites excluding steroid dienone is 2. The maximum Gasteiger partial charge on any atom is 0.0340 e. The van der Waals surface area contributed by atoms with Gasteiger partial charge in [0.1, 0.15) is 0 Å². The molecule has 23 heavy (non-hydrogen) atoms. The van der Waals surface area contributed by atoms with Gasteiger partial charge in [0.2, 0.25) is 0 Å². The lowest BCUT2D eigenvalue weighted by Crippen LogP contribution is -2.46. The molecular weight excluding hydrogens is 280 g/mol. The highest BCUT2D eigenvalue weighted by Crippen LogP contribution is 2.37. The predicted octanol–water partition coefficient (Wildman–Crippen LogP) is 3.59. The summed E-state index contributed by atoms with van der Waals surface area (Å²) in [6.45, 7) is 2.18. The quantitative estimate of drug-likeness (QED) is 0.907. The third-order valence-electron chi connectivity index (χ3n) is 4.85. The van der Waals surface area contributed by atoms with Crippen LogP contribution in [0, 0.1) is 5.41 Å². The van der Waals surface area contributed by atoms with Gasteiger partial charge in [0.05, 0.1) is 0 Å². The molecule has 2 heteroatoms. The number of benzene rings is 2. The van der Waals surface area contributed by atoms with Gasteiger partial charge in [-0.3, -0.25) is 0 Å². The van der Waals surface area contributed by atoms with Gasteiger partial charge in [-0.1, -0.05) is 79.7 Å². The molecular formula is C21H24N2. The molecule has 0 saturated heterocycles. The van der Waals surface area contributed by atoms with Crippen molar-refractivity contribution < 1.29 is 0 Å². The van der Waals surface area contributed by atoms with Crippen LogP contribution in [0.4, 0.5) is 0 Å². The van der Waals surface area contributed by atoms with Gasteiger partial charge >= 0.3 is 0 Å². The molecule has 0 fully saturated rings. The highest BCUT2D eigenvalue weighted by atomic mass is 14.8. The van der Waals surface area contributed by atoms with Crippen molar-refractivity contribution in [1.82, 2.24) is 0 Å². The molecule has 3 rings (SSSR count). The molecule has 0 bridgehead atoms. The minimum atomic E-state index is -0.250. The first-order chi connectivity index (χ1) is 11.1. The molecule has 2 aromatic carbocycles. The van der Waals surface area contributed by atoms with Crippen LogP contribution in [0.2, 0.25) is 0 Å². The summed E-state index contributed by atoms with van der Waals surface area (Å²) in [5, 5.41) is 0. The zero-order valence-corrected chi connectivity index (χ0v) is 13.6. The zero-order chi connectivity index (χ0) is 16.3. The molecule has 1 aliphatic carbocycles. The van der Waals surface area contributed by atoms with Crippen LogP contribution in [0.1, 0.15) is 18.1 Å². The van der Waals surface area contributed by atoms with E-state index < -0.39 is 0 Å². The van der Waals surface area contributed by atoms with Crippen LogP contribution in [0.15, 0.2) is 84.1 Å². The van der Waals surface area contributed by atoms with Gasteiger partial charge in [-0.05, 0) is 29.5 Å². The summed E-state index contributed by atoms with van der Waals surface area (Å²) in [6, 6.07) is 20.8. The van der Waals surface area contributed by atoms with Crippen molar-refractivity contribution in [2.45, 2.75) is 25.8 Å². The van der Waals surface area contributed by atoms with Crippen molar-refractivity contribution in [3.05, 3.63) is 95.2 Å². The molecule has 2 unspecified atom stereocenters. The van der Waals surface area contributed by atoms with Gasteiger partial charge < -0.3 is 11.5 Å². The van der Waals surface area contributed by atoms with E-state index in [1.165, 1.54) is 16.7 Å². The molecule has 0 heterocycles. The van der Waals surface area contributed by atoms with E-state index >= 15 is 0 Å². The Morgan fingerprint density at radius 3 is 2.09 bits per heavy atom. The van der Waals surface area contributed by atoms with E-state index in [0.29, 0.717) is 0 Å². The summed E-state index contributed by atoms with van der Waals surface area (Å²) in [6.07, 6.45) is 5.89. The van der Waals surface area contributed by atoms with E-state index in [-0.39, 0.29) is 11.5 Å². The Morgan fingerprint density at radius 1 is 0.913 bits per heavy atom. The Hall–Kier alpha value is -2.32. The summed E-state index contributed by atoms with van der Waals surface area (Å²) >= 11 is 0. The van der Waals surface area contributed by atoms with Crippen molar-refractivity contribution in [2.24, 2.45) is 16.9 Å². The monoisotopic (exact) mass is 304 g/mol. The van der Waals surface area contributed by atoms with Gasteiger partial charge in [-0.15, -0.1) is 0 Å². The third kappa shape index (κ3) is 3.22. The highest BCUT2D eigenvalue weighted by molar-refractivity contribution is 5.41. The topological polar surface area (TPSA) is 52.0 Å². The molecule has 0 aromatic heterocycles. The fourth-order valence-electron chi connectivity index (χ4n) is 3.27. The smallest absolute Gasteiger partial charge is 0.0340 e. The van der Waals surface area contributed by atoms with E-state index in [1.54, 1.807) is 0 Å². The van der Waals surface area contributed by atoms with Crippen LogP contribution in [0.3, 0.4) is 0 Å². The predicted molar refractivity (Wildman–Crippen MR) is 96.7 cm³/mol. The molecule has 1 aliphatic rings. The Morgan fingerprint density at radius 2 is 1.48 bits per heavy atom. The fraction of sp³-hybridized carbons (Fsp3) is 0.238. The first-order valence-corrected chi connectivity index (χ1v) is 8.10. The van der Waals surface area contributed by atoms with Crippen LogP contribution < -0.4 is 11.5 Å². The van der Waals surface area contributed by atoms with E-state index in [4.69, 9.17) is 11.5 Å². The van der Waals surface area contributed by atoms with Gasteiger partial charge in [0, 0.05) is 17.2 Å². The molecule has 118 valence electrons. The van der Waals surface area contributed by atoms with E-state index in [9.17, 15) is 0 Å². The average molecular weight is 304 g/mol. The van der Waals surface area contributed by atoms with Gasteiger partial charge in [0.15, 0.2) is 0 Å². The summed E-state index contributed by atoms with van der Waals surface area (Å²) in [4.78, 5) is 0. The summed E-state index contributed by atoms with van der Waals surface area (Å²) in [7, 11) is 0. The number of rotatable bonds is 4. The lowest BCUT2D eigenvalue weighted by Gasteiger charge is -2.38. The van der Waals surface area contributed by atoms with Gasteiger partial charge in [-0.25, -0.2) is 0 Å². The second-order valence-corrected chi connectivity index (χ2v) is 6.57. The minimum absolute atomic E-state index is 0.0674. The van der Waals surface area contributed by atoms with Crippen molar-refractivity contribution in [3.63, 3.8) is 0 Å². The summed E-state index contributed by atoms with van der Waals surface area (Å²) < 4.78 is 0. The lowest BCUT2D eigenvalue weighted by molar-refractivity contribution is 0.339. The maximum absolute atomic E-state index is 6.59. The fourth-order valence-corrected chi connectivity index (χ4v) is 3.27. The van der Waals surface area contributed by atoms with Crippen LogP contribution in [0.25, 0.3) is 0 Å². The first-order valence-electron chi connectivity index (χ1n) is 8.10. The van der Waals surface area contributed by atoms with Crippen LogP contribution in [-0.4, -0.2) is 6.04 Å². The average Bonchev–Trinajstić information content (AvgIpc) is 2.58. The molecule has 0 amide bonds. The summed E-state index contributed by atoms with van der Waals surface area (Å²) in [5.41, 5.74) is 17.4. The Balaban J connectivity index is 1.91. The molecule has 2 atom stereocenters. The van der Waals surface area contributed by atoms with Crippen molar-refractivity contribution in [1.29, 1.82) is 0 Å². The van der Waals surface area contributed by atoms with Crippen molar-refractivity contribution >= 4 is 0 Å². The van der Waals surface area contributed by atoms with E-state index in [1.807, 2.05) is 12.1 Å². The highest BCUT2D eigenvalue weighted by Gasteiger charge is 2.36. The van der Waals surface area contributed by atoms with Crippen molar-refractivity contribution in [2.75, 3.05) is 0 Å². The largest absolute Gasteiger partial charge is 0.401 e. The Kier molecular flexibility index (Phi) is 4.35. The minimum Gasteiger partial charge on any atom is -0.401 e. The molecule has 2 nitrogen and oxygen atoms in total. The SMILES string of the molecule is CC1(Cc2ccccc2)C(N)=C(Cc2ccccc2)C=CC1N. The number of hydrogen-bond donors (Lipinski definition) is 2. The van der Waals surface area contributed by atoms with E-state index in [0.717, 1.165) is 18.5 Å². The van der Waals surface area contributed by atoms with Crippen LogP contribution in [0.5, 0.6) is 0 Å². The summed E-state index contributed by atoms with van der Waals surface area (Å²) in [5.74, 6) is 0. The molecule has 0 spiro atoms. The molecule has 0 radical (unpaired) electrons. The number of nitrogens with two attached hydrogens (primary N) is 2. The zero-order valence-electron chi connectivity index (χ0n) is 13.6. The van der Waals surface area contributed by atoms with Gasteiger partial charge in [0.25, 0.3) is 0 Å². The second-order valence-electron chi connectivity index (χ2n) is 6.57. The normalized spacial score (nSPS) is 24.0.